The summed E-state index contributed by atoms with van der Waals surface area (Å²) in [6.07, 6.45) is 0.913. The Morgan fingerprint density at radius 1 is 1.22 bits per heavy atom. The van der Waals surface area contributed by atoms with Crippen LogP contribution in [0.2, 0.25) is 0 Å². The van der Waals surface area contributed by atoms with Crippen LogP contribution in [0.3, 0.4) is 0 Å². The highest BCUT2D eigenvalue weighted by atomic mass is 32.2. The number of sulfone groups is 1. The van der Waals surface area contributed by atoms with E-state index >= 15 is 0 Å². The SMILES string of the molecule is C=CS(=O)(=O)CCOCCNc1cc(C)cc(NCCCOC)n1.CC#N. The van der Waals surface area contributed by atoms with Gasteiger partial charge >= 0.3 is 0 Å². The lowest BCUT2D eigenvalue weighted by Crippen LogP contribution is -2.15. The van der Waals surface area contributed by atoms with Crippen LogP contribution < -0.4 is 10.6 Å². The molecule has 27 heavy (non-hydrogen) atoms. The molecule has 8 nitrogen and oxygen atoms in total. The monoisotopic (exact) mass is 398 g/mol. The van der Waals surface area contributed by atoms with E-state index in [0.29, 0.717) is 19.8 Å². The zero-order chi connectivity index (χ0) is 20.5. The lowest BCUT2D eigenvalue weighted by atomic mass is 10.3. The molecule has 0 aliphatic heterocycles. The number of pyridine rings is 1. The molecular formula is C18H30N4O4S. The molecule has 0 saturated heterocycles. The average Bonchev–Trinajstić information content (AvgIpc) is 2.62. The number of aromatic nitrogens is 1. The van der Waals surface area contributed by atoms with Crippen molar-refractivity contribution in [2.75, 3.05) is 56.4 Å². The molecule has 2 N–H and O–H groups in total. The first kappa shape index (κ1) is 24.8. The summed E-state index contributed by atoms with van der Waals surface area (Å²) in [6, 6.07) is 5.68. The van der Waals surface area contributed by atoms with E-state index in [4.69, 9.17) is 14.7 Å². The molecular weight excluding hydrogens is 368 g/mol. The highest BCUT2D eigenvalue weighted by Crippen LogP contribution is 2.13. The molecule has 0 bridgehead atoms. The van der Waals surface area contributed by atoms with Crippen molar-refractivity contribution in [3.63, 3.8) is 0 Å². The third kappa shape index (κ3) is 13.7. The number of aryl methyl sites for hydroxylation is 1. The summed E-state index contributed by atoms with van der Waals surface area (Å²) in [5.41, 5.74) is 1.10. The minimum absolute atomic E-state index is 0.0469. The van der Waals surface area contributed by atoms with Gasteiger partial charge in [-0.2, -0.15) is 5.26 Å². The van der Waals surface area contributed by atoms with E-state index in [9.17, 15) is 8.42 Å². The van der Waals surface area contributed by atoms with Crippen molar-refractivity contribution in [3.8, 4) is 6.07 Å². The van der Waals surface area contributed by atoms with E-state index < -0.39 is 9.84 Å². The van der Waals surface area contributed by atoms with Crippen LogP contribution in [0.5, 0.6) is 0 Å². The maximum atomic E-state index is 11.2. The predicted molar refractivity (Wildman–Crippen MR) is 109 cm³/mol. The molecule has 0 saturated carbocycles. The number of rotatable bonds is 13. The molecule has 0 aliphatic rings. The molecule has 0 radical (unpaired) electrons. The van der Waals surface area contributed by atoms with E-state index in [1.807, 2.05) is 19.1 Å². The Kier molecular flexibility index (Phi) is 13.8. The van der Waals surface area contributed by atoms with E-state index in [2.05, 4.69) is 22.2 Å². The lowest BCUT2D eigenvalue weighted by Gasteiger charge is -2.11. The maximum absolute atomic E-state index is 11.2. The van der Waals surface area contributed by atoms with Crippen molar-refractivity contribution in [2.45, 2.75) is 20.3 Å². The highest BCUT2D eigenvalue weighted by molar-refractivity contribution is 7.94. The van der Waals surface area contributed by atoms with Gasteiger partial charge in [0, 0.05) is 39.1 Å². The van der Waals surface area contributed by atoms with E-state index in [0.717, 1.165) is 35.6 Å². The number of anilines is 2. The highest BCUT2D eigenvalue weighted by Gasteiger charge is 2.04. The fraction of sp³-hybridized carbons (Fsp3) is 0.556. The molecule has 152 valence electrons. The molecule has 1 heterocycles. The van der Waals surface area contributed by atoms with Gasteiger partial charge in [0.15, 0.2) is 9.84 Å². The van der Waals surface area contributed by atoms with Gasteiger partial charge in [0.25, 0.3) is 0 Å². The Morgan fingerprint density at radius 2 is 1.81 bits per heavy atom. The van der Waals surface area contributed by atoms with Gasteiger partial charge in [-0.3, -0.25) is 0 Å². The number of methoxy groups -OCH3 is 1. The Bertz CT molecular complexity index is 687. The second-order valence-electron chi connectivity index (χ2n) is 5.48. The molecule has 1 rings (SSSR count). The van der Waals surface area contributed by atoms with Crippen LogP contribution in [0.15, 0.2) is 24.1 Å². The van der Waals surface area contributed by atoms with Gasteiger partial charge in [-0.15, -0.1) is 0 Å². The molecule has 0 aromatic carbocycles. The summed E-state index contributed by atoms with van der Waals surface area (Å²) in [5, 5.41) is 14.7. The van der Waals surface area contributed by atoms with Crippen LogP contribution >= 0.6 is 0 Å². The van der Waals surface area contributed by atoms with Crippen molar-refractivity contribution in [2.24, 2.45) is 0 Å². The smallest absolute Gasteiger partial charge is 0.173 e. The first-order valence-electron chi connectivity index (χ1n) is 8.57. The summed E-state index contributed by atoms with van der Waals surface area (Å²) in [5.74, 6) is 1.52. The first-order valence-corrected chi connectivity index (χ1v) is 10.3. The number of nitrogens with one attached hydrogen (secondary N) is 2. The minimum atomic E-state index is -3.19. The second-order valence-corrected chi connectivity index (χ2v) is 7.55. The van der Waals surface area contributed by atoms with Crippen molar-refractivity contribution >= 4 is 21.5 Å². The van der Waals surface area contributed by atoms with Gasteiger partial charge in [-0.1, -0.05) is 6.58 Å². The number of ether oxygens (including phenoxy) is 2. The first-order chi connectivity index (χ1) is 12.9. The summed E-state index contributed by atoms with van der Waals surface area (Å²) < 4.78 is 32.7. The summed E-state index contributed by atoms with van der Waals surface area (Å²) in [6.45, 7) is 9.31. The Labute approximate surface area is 162 Å². The molecule has 0 atom stereocenters. The second kappa shape index (κ2) is 15.0. The molecule has 0 aliphatic carbocycles. The fourth-order valence-electron chi connectivity index (χ4n) is 1.89. The van der Waals surface area contributed by atoms with E-state index in [1.54, 1.807) is 13.2 Å². The summed E-state index contributed by atoms with van der Waals surface area (Å²) >= 11 is 0. The lowest BCUT2D eigenvalue weighted by molar-refractivity contribution is 0.159. The number of nitrogens with zero attached hydrogens (tertiary/aromatic N) is 2. The van der Waals surface area contributed by atoms with Crippen LogP contribution in [0.1, 0.15) is 18.9 Å². The average molecular weight is 399 g/mol. The molecule has 0 unspecified atom stereocenters. The van der Waals surface area contributed by atoms with Gasteiger partial charge in [0.2, 0.25) is 0 Å². The summed E-state index contributed by atoms with van der Waals surface area (Å²) in [7, 11) is -1.51. The standard InChI is InChI=1S/C16H27N3O4S.C2H3N/c1-4-24(20,21)11-10-23-9-7-18-16-13-14(2)12-15(19-16)17-6-5-8-22-3;1-2-3/h4,12-13H,1,5-11H2,2-3H3,(H2,17,18,19);1H3. The van der Waals surface area contributed by atoms with Crippen molar-refractivity contribution < 1.29 is 17.9 Å². The molecule has 0 fully saturated rings. The van der Waals surface area contributed by atoms with E-state index in [1.165, 1.54) is 6.92 Å². The Balaban J connectivity index is 0.00000210. The van der Waals surface area contributed by atoms with Crippen LogP contribution in [0.4, 0.5) is 11.6 Å². The molecule has 9 heteroatoms. The van der Waals surface area contributed by atoms with Gasteiger partial charge in [-0.25, -0.2) is 13.4 Å². The normalized spacial score (nSPS) is 10.3. The zero-order valence-electron chi connectivity index (χ0n) is 16.3. The topological polar surface area (TPSA) is 113 Å². The minimum Gasteiger partial charge on any atom is -0.385 e. The largest absolute Gasteiger partial charge is 0.385 e. The molecule has 1 aromatic rings. The molecule has 0 amide bonds. The number of hydrogen-bond acceptors (Lipinski definition) is 8. The van der Waals surface area contributed by atoms with Crippen molar-refractivity contribution in [3.05, 3.63) is 29.7 Å². The Hall–Kier alpha value is -2.15. The van der Waals surface area contributed by atoms with Gasteiger partial charge in [0.05, 0.1) is 25.0 Å². The third-order valence-electron chi connectivity index (χ3n) is 3.12. The number of hydrogen-bond donors (Lipinski definition) is 2. The number of nitriles is 1. The van der Waals surface area contributed by atoms with Crippen LogP contribution in [-0.2, 0) is 19.3 Å². The van der Waals surface area contributed by atoms with Crippen LogP contribution in [-0.4, -0.2) is 59.2 Å². The molecule has 0 spiro atoms. The predicted octanol–water partition coefficient (Wildman–Crippen LogP) is 2.36. The fourth-order valence-corrected chi connectivity index (χ4v) is 2.41. The quantitative estimate of drug-likeness (QED) is 0.487. The van der Waals surface area contributed by atoms with Crippen molar-refractivity contribution in [1.82, 2.24) is 4.98 Å². The Morgan fingerprint density at radius 3 is 2.37 bits per heavy atom. The van der Waals surface area contributed by atoms with Crippen LogP contribution in [0.25, 0.3) is 0 Å². The van der Waals surface area contributed by atoms with Crippen molar-refractivity contribution in [1.29, 1.82) is 5.26 Å². The summed E-state index contributed by atoms with van der Waals surface area (Å²) in [4.78, 5) is 4.47. The third-order valence-corrected chi connectivity index (χ3v) is 4.36. The van der Waals surface area contributed by atoms with Crippen LogP contribution in [0, 0.1) is 18.3 Å². The zero-order valence-corrected chi connectivity index (χ0v) is 17.1. The maximum Gasteiger partial charge on any atom is 0.173 e. The van der Waals surface area contributed by atoms with Gasteiger partial charge < -0.3 is 20.1 Å². The van der Waals surface area contributed by atoms with Gasteiger partial charge in [-0.05, 0) is 31.0 Å². The van der Waals surface area contributed by atoms with E-state index in [-0.39, 0.29) is 12.4 Å². The van der Waals surface area contributed by atoms with Gasteiger partial charge in [0.1, 0.15) is 11.6 Å². The molecule has 1 aromatic heterocycles.